The summed E-state index contributed by atoms with van der Waals surface area (Å²) in [6.45, 7) is 5.61. The lowest BCUT2D eigenvalue weighted by Crippen LogP contribution is -2.52. The number of hydrogen-bond acceptors (Lipinski definition) is 5. The van der Waals surface area contributed by atoms with Crippen LogP contribution >= 0.6 is 0 Å². The zero-order valence-corrected chi connectivity index (χ0v) is 21.1. The Labute approximate surface area is 211 Å². The van der Waals surface area contributed by atoms with Crippen molar-refractivity contribution in [3.63, 3.8) is 0 Å². The number of amidine groups is 1. The molecule has 2 saturated heterocycles. The Balaban J connectivity index is 1.47. The van der Waals surface area contributed by atoms with Crippen LogP contribution in [0.25, 0.3) is 10.9 Å². The molecule has 3 atom stereocenters. The van der Waals surface area contributed by atoms with E-state index < -0.39 is 17.9 Å². The van der Waals surface area contributed by atoms with E-state index in [1.807, 2.05) is 28.5 Å². The summed E-state index contributed by atoms with van der Waals surface area (Å²) in [6.07, 6.45) is 4.92. The first-order valence-corrected chi connectivity index (χ1v) is 12.8. The number of carbonyl (C=O) groups excluding carboxylic acids is 3. The molecule has 3 amide bonds. The summed E-state index contributed by atoms with van der Waals surface area (Å²) < 4.78 is 2.25. The van der Waals surface area contributed by atoms with Crippen molar-refractivity contribution < 1.29 is 14.4 Å². The van der Waals surface area contributed by atoms with Crippen LogP contribution in [0.5, 0.6) is 0 Å². The summed E-state index contributed by atoms with van der Waals surface area (Å²) in [5, 5.41) is 8.87. The van der Waals surface area contributed by atoms with Crippen LogP contribution in [0.3, 0.4) is 0 Å². The van der Waals surface area contributed by atoms with Gasteiger partial charge in [0, 0.05) is 42.5 Å². The molecule has 4 rings (SSSR count). The van der Waals surface area contributed by atoms with E-state index in [9.17, 15) is 14.4 Å². The number of rotatable bonds is 8. The minimum Gasteiger partial charge on any atom is -0.384 e. The Morgan fingerprint density at radius 3 is 2.56 bits per heavy atom. The average molecular weight is 496 g/mol. The molecule has 194 valence electrons. The molecule has 1 aromatic carbocycles. The van der Waals surface area contributed by atoms with Crippen molar-refractivity contribution in [1.82, 2.24) is 19.8 Å². The van der Waals surface area contributed by atoms with E-state index in [0.29, 0.717) is 25.1 Å². The molecule has 0 aliphatic carbocycles. The highest BCUT2D eigenvalue weighted by Gasteiger charge is 2.41. The van der Waals surface area contributed by atoms with Crippen LogP contribution < -0.4 is 17.0 Å². The lowest BCUT2D eigenvalue weighted by molar-refractivity contribution is -0.149. The van der Waals surface area contributed by atoms with Crippen LogP contribution in [-0.4, -0.2) is 63.1 Å². The maximum atomic E-state index is 13.6. The van der Waals surface area contributed by atoms with Gasteiger partial charge in [0.15, 0.2) is 0 Å². The third kappa shape index (κ3) is 4.82. The second-order valence-corrected chi connectivity index (χ2v) is 9.85. The van der Waals surface area contributed by atoms with Gasteiger partial charge in [0.05, 0.1) is 0 Å². The van der Waals surface area contributed by atoms with Gasteiger partial charge in [-0.1, -0.05) is 12.1 Å². The quantitative estimate of drug-likeness (QED) is 0.109. The SMILES string of the molecule is CCn1c(CCC2CCCN2C(=O)C2CCCN2C(=O)C(C)C(=O)NN)cc2ccc(C(=N)N)cc21. The van der Waals surface area contributed by atoms with Crippen LogP contribution in [-0.2, 0) is 27.3 Å². The fourth-order valence-corrected chi connectivity index (χ4v) is 5.76. The van der Waals surface area contributed by atoms with Crippen LogP contribution in [0.4, 0.5) is 0 Å². The number of carbonyl (C=O) groups is 3. The molecule has 3 unspecified atom stereocenters. The van der Waals surface area contributed by atoms with E-state index in [2.05, 4.69) is 17.6 Å². The predicted molar refractivity (Wildman–Crippen MR) is 138 cm³/mol. The summed E-state index contributed by atoms with van der Waals surface area (Å²) in [7, 11) is 0. The first-order valence-electron chi connectivity index (χ1n) is 12.8. The second-order valence-electron chi connectivity index (χ2n) is 9.85. The van der Waals surface area contributed by atoms with Gasteiger partial charge in [0.2, 0.25) is 17.7 Å². The van der Waals surface area contributed by atoms with Gasteiger partial charge in [0.1, 0.15) is 17.8 Å². The number of nitrogen functional groups attached to an aromatic ring is 1. The van der Waals surface area contributed by atoms with Crippen molar-refractivity contribution >= 4 is 34.5 Å². The van der Waals surface area contributed by atoms with Crippen molar-refractivity contribution in [2.75, 3.05) is 13.1 Å². The number of nitrogens with one attached hydrogen (secondary N) is 2. The number of aromatic nitrogens is 1. The molecule has 0 saturated carbocycles. The normalized spacial score (nSPS) is 20.6. The number of fused-ring (bicyclic) bond motifs is 1. The first-order chi connectivity index (χ1) is 17.3. The average Bonchev–Trinajstić information content (AvgIpc) is 3.62. The van der Waals surface area contributed by atoms with Crippen molar-refractivity contribution in [1.29, 1.82) is 5.41 Å². The number of likely N-dealkylation sites (tertiary alicyclic amines) is 2. The van der Waals surface area contributed by atoms with Gasteiger partial charge < -0.3 is 20.1 Å². The molecule has 0 bridgehead atoms. The zero-order valence-electron chi connectivity index (χ0n) is 21.1. The summed E-state index contributed by atoms with van der Waals surface area (Å²) in [4.78, 5) is 41.9. The molecule has 10 heteroatoms. The summed E-state index contributed by atoms with van der Waals surface area (Å²) in [5.74, 6) is 3.45. The molecule has 0 spiro atoms. The summed E-state index contributed by atoms with van der Waals surface area (Å²) in [6, 6.07) is 7.64. The molecule has 1 aromatic heterocycles. The number of aryl methyl sites for hydroxylation is 2. The van der Waals surface area contributed by atoms with Crippen LogP contribution in [0.2, 0.25) is 0 Å². The third-order valence-electron chi connectivity index (χ3n) is 7.74. The molecule has 2 aliphatic rings. The minimum atomic E-state index is -0.919. The highest BCUT2D eigenvalue weighted by molar-refractivity contribution is 6.01. The fraction of sp³-hybridized carbons (Fsp3) is 0.538. The Hall–Kier alpha value is -3.40. The summed E-state index contributed by atoms with van der Waals surface area (Å²) >= 11 is 0. The molecule has 3 heterocycles. The monoisotopic (exact) mass is 495 g/mol. The van der Waals surface area contributed by atoms with Gasteiger partial charge in [-0.15, -0.1) is 0 Å². The maximum Gasteiger partial charge on any atom is 0.246 e. The third-order valence-corrected chi connectivity index (χ3v) is 7.74. The highest BCUT2D eigenvalue weighted by Crippen LogP contribution is 2.29. The first kappa shape index (κ1) is 25.7. The van der Waals surface area contributed by atoms with Crippen molar-refractivity contribution in [2.45, 2.75) is 71.0 Å². The lowest BCUT2D eigenvalue weighted by atomic mass is 10.0. The molecular formula is C26H37N7O3. The summed E-state index contributed by atoms with van der Waals surface area (Å²) in [5.41, 5.74) is 10.7. The van der Waals surface area contributed by atoms with Gasteiger partial charge in [-0.05, 0) is 69.9 Å². The largest absolute Gasteiger partial charge is 0.384 e. The maximum absolute atomic E-state index is 13.6. The lowest BCUT2D eigenvalue weighted by Gasteiger charge is -2.32. The molecule has 2 fully saturated rings. The molecule has 0 radical (unpaired) electrons. The van der Waals surface area contributed by atoms with Crippen molar-refractivity contribution in [2.24, 2.45) is 17.5 Å². The standard InChI is InChI=1S/C26H37N7O3/c1-3-31-20(14-17-8-9-18(23(27)28)15-22(17)31)11-10-19-6-4-12-32(19)26(36)21-7-5-13-33(21)25(35)16(2)24(34)30-29/h8-9,14-16,19,21H,3-7,10-13,29H2,1-2H3,(H3,27,28)(H,30,34). The van der Waals surface area contributed by atoms with E-state index in [4.69, 9.17) is 17.0 Å². The Bertz CT molecular complexity index is 1170. The minimum absolute atomic E-state index is 0.00848. The highest BCUT2D eigenvalue weighted by atomic mass is 16.2. The van der Waals surface area contributed by atoms with E-state index in [1.54, 1.807) is 4.90 Å². The van der Waals surface area contributed by atoms with Gasteiger partial charge in [0.25, 0.3) is 0 Å². The number of hydrazine groups is 1. The molecule has 36 heavy (non-hydrogen) atoms. The smallest absolute Gasteiger partial charge is 0.246 e. The van der Waals surface area contributed by atoms with Gasteiger partial charge >= 0.3 is 0 Å². The van der Waals surface area contributed by atoms with Crippen molar-refractivity contribution in [3.8, 4) is 0 Å². The van der Waals surface area contributed by atoms with Crippen LogP contribution in [0.15, 0.2) is 24.3 Å². The molecule has 2 aromatic rings. The van der Waals surface area contributed by atoms with Gasteiger partial charge in [-0.2, -0.15) is 0 Å². The predicted octanol–water partition coefficient (Wildman–Crippen LogP) is 1.49. The molecular weight excluding hydrogens is 458 g/mol. The van der Waals surface area contributed by atoms with Crippen LogP contribution in [0.1, 0.15) is 57.2 Å². The number of benzene rings is 1. The van der Waals surface area contributed by atoms with E-state index in [-0.39, 0.29) is 23.7 Å². The molecule has 6 N–H and O–H groups in total. The van der Waals surface area contributed by atoms with E-state index >= 15 is 0 Å². The van der Waals surface area contributed by atoms with E-state index in [0.717, 1.165) is 49.6 Å². The number of nitrogens with zero attached hydrogens (tertiary/aromatic N) is 3. The fourth-order valence-electron chi connectivity index (χ4n) is 5.76. The number of hydrogen-bond donors (Lipinski definition) is 4. The zero-order chi connectivity index (χ0) is 26.0. The van der Waals surface area contributed by atoms with E-state index in [1.165, 1.54) is 12.6 Å². The van der Waals surface area contributed by atoms with Crippen LogP contribution in [0, 0.1) is 11.3 Å². The Morgan fingerprint density at radius 2 is 1.86 bits per heavy atom. The van der Waals surface area contributed by atoms with Crippen molar-refractivity contribution in [3.05, 3.63) is 35.5 Å². The number of amides is 3. The molecule has 10 nitrogen and oxygen atoms in total. The number of nitrogens with two attached hydrogens (primary N) is 2. The van der Waals surface area contributed by atoms with Gasteiger partial charge in [-0.3, -0.25) is 25.2 Å². The topological polar surface area (TPSA) is 151 Å². The Kier molecular flexibility index (Phi) is 7.63. The van der Waals surface area contributed by atoms with Gasteiger partial charge in [-0.25, -0.2) is 5.84 Å². The Morgan fingerprint density at radius 1 is 1.14 bits per heavy atom. The second kappa shape index (κ2) is 10.7. The molecule has 2 aliphatic heterocycles.